The van der Waals surface area contributed by atoms with E-state index in [9.17, 15) is 24.0 Å². The molecule has 0 bridgehead atoms. The van der Waals surface area contributed by atoms with E-state index in [2.05, 4.69) is 28.1 Å². The van der Waals surface area contributed by atoms with E-state index in [1.807, 2.05) is 13.8 Å². The number of ether oxygens (including phenoxy) is 3. The molecule has 8 heteroatoms. The predicted molar refractivity (Wildman–Crippen MR) is 130 cm³/mol. The summed E-state index contributed by atoms with van der Waals surface area (Å²) in [6.45, 7) is 20.3. The third-order valence-electron chi connectivity index (χ3n) is 2.87. The van der Waals surface area contributed by atoms with E-state index in [-0.39, 0.29) is 29.3 Å². The third-order valence-corrected chi connectivity index (χ3v) is 2.87. The molecule has 0 saturated heterocycles. The van der Waals surface area contributed by atoms with Crippen LogP contribution in [0.1, 0.15) is 95.4 Å². The molecule has 0 aliphatic carbocycles. The summed E-state index contributed by atoms with van der Waals surface area (Å²) < 4.78 is 13.2. The number of rotatable bonds is 6. The molecule has 0 saturated carbocycles. The van der Waals surface area contributed by atoms with E-state index in [0.29, 0.717) is 19.4 Å². The second kappa shape index (κ2) is 39.4. The number of hydrogen-bond acceptors (Lipinski definition) is 8. The summed E-state index contributed by atoms with van der Waals surface area (Å²) in [6, 6.07) is 0. The largest absolute Gasteiger partial charge is 0.469 e. The lowest BCUT2D eigenvalue weighted by atomic mass is 10.0. The standard InChI is InChI=1S/C6H10O2.2C4H8O2.C4H8O.C3H8O.C3H8/c1-4(5(2)7)6(3)8;1-3-4(5)6-2;1-3-6-4(2)5;1-3-4(2)5;1-3-4-2;1-3-2/h4H,1-3H3;2*3H2,1-2H3;3H2,1-2H3;3H2,1-2H3;3H2,1-2H3. The molecule has 0 rings (SSSR count). The molecule has 0 aromatic carbocycles. The summed E-state index contributed by atoms with van der Waals surface area (Å²) in [7, 11) is 3.06. The highest BCUT2D eigenvalue weighted by Crippen LogP contribution is 1.95. The minimum atomic E-state index is -0.407. The van der Waals surface area contributed by atoms with Crippen molar-refractivity contribution in [2.45, 2.75) is 95.4 Å². The van der Waals surface area contributed by atoms with Crippen molar-refractivity contribution in [1.82, 2.24) is 0 Å². The smallest absolute Gasteiger partial charge is 0.305 e. The molecule has 0 fully saturated rings. The predicted octanol–water partition coefficient (Wildman–Crippen LogP) is 4.99. The molecular weight excluding hydrogens is 416 g/mol. The molecule has 0 N–H and O–H groups in total. The summed E-state index contributed by atoms with van der Waals surface area (Å²) in [4.78, 5) is 50.3. The first-order valence-electron chi connectivity index (χ1n) is 10.9. The van der Waals surface area contributed by atoms with Gasteiger partial charge in [-0.2, -0.15) is 0 Å². The van der Waals surface area contributed by atoms with Gasteiger partial charge in [0, 0.05) is 33.5 Å². The normalized spacial score (nSPS) is 7.94. The van der Waals surface area contributed by atoms with Crippen molar-refractivity contribution in [3.8, 4) is 0 Å². The van der Waals surface area contributed by atoms with Crippen LogP contribution >= 0.6 is 0 Å². The van der Waals surface area contributed by atoms with Gasteiger partial charge < -0.3 is 19.0 Å². The zero-order chi connectivity index (χ0) is 27.1. The molecule has 0 amide bonds. The van der Waals surface area contributed by atoms with E-state index < -0.39 is 5.92 Å². The van der Waals surface area contributed by atoms with Gasteiger partial charge in [0.05, 0.1) is 19.6 Å². The van der Waals surface area contributed by atoms with Gasteiger partial charge >= 0.3 is 11.9 Å². The second-order valence-electron chi connectivity index (χ2n) is 6.14. The van der Waals surface area contributed by atoms with Crippen LogP contribution in [0.25, 0.3) is 0 Å². The average Bonchev–Trinajstić information content (AvgIpc) is 2.74. The number of hydrogen-bond donors (Lipinski definition) is 0. The van der Waals surface area contributed by atoms with Gasteiger partial charge in [0.2, 0.25) is 0 Å². The van der Waals surface area contributed by atoms with Crippen LogP contribution < -0.4 is 0 Å². The minimum Gasteiger partial charge on any atom is -0.469 e. The number of Topliss-reactive ketones (excluding diaryl/α,β-unsaturated/α-hetero) is 3. The second-order valence-corrected chi connectivity index (χ2v) is 6.14. The van der Waals surface area contributed by atoms with Crippen LogP contribution in [0.4, 0.5) is 0 Å². The van der Waals surface area contributed by atoms with Crippen molar-refractivity contribution in [3.63, 3.8) is 0 Å². The number of carbonyl (C=O) groups is 5. The summed E-state index contributed by atoms with van der Waals surface area (Å²) >= 11 is 0. The van der Waals surface area contributed by atoms with Gasteiger partial charge in [-0.25, -0.2) is 0 Å². The summed E-state index contributed by atoms with van der Waals surface area (Å²) in [5.41, 5.74) is 0. The zero-order valence-electron chi connectivity index (χ0n) is 22.9. The van der Waals surface area contributed by atoms with E-state index in [1.54, 1.807) is 34.8 Å². The maximum Gasteiger partial charge on any atom is 0.305 e. The molecule has 194 valence electrons. The molecular formula is C24H50O8. The SMILES string of the molecule is CC(=O)C(C)C(C)=O.CCC.CCC(=O)OC.CCC(C)=O.CCOC.CCOC(C)=O. The molecule has 8 nitrogen and oxygen atoms in total. The Balaban J connectivity index is -0.0000000650. The highest BCUT2D eigenvalue weighted by Gasteiger charge is 2.11. The molecule has 0 spiro atoms. The van der Waals surface area contributed by atoms with E-state index in [4.69, 9.17) is 0 Å². The summed E-state index contributed by atoms with van der Waals surface area (Å²) in [5.74, 6) is -0.637. The Hall–Kier alpha value is -2.09. The molecule has 0 unspecified atom stereocenters. The van der Waals surface area contributed by atoms with Crippen LogP contribution in [0.3, 0.4) is 0 Å². The Kier molecular flexibility index (Phi) is 53.8. The molecule has 0 radical (unpaired) electrons. The van der Waals surface area contributed by atoms with Gasteiger partial charge in [0.1, 0.15) is 17.3 Å². The number of esters is 2. The van der Waals surface area contributed by atoms with Crippen molar-refractivity contribution < 1.29 is 38.2 Å². The first-order valence-corrected chi connectivity index (χ1v) is 10.9. The lowest BCUT2D eigenvalue weighted by molar-refractivity contribution is -0.141. The quantitative estimate of drug-likeness (QED) is 0.397. The molecule has 0 aliphatic rings. The van der Waals surface area contributed by atoms with Gasteiger partial charge in [-0.3, -0.25) is 19.2 Å². The first kappa shape index (κ1) is 43.7. The van der Waals surface area contributed by atoms with Crippen molar-refractivity contribution >= 4 is 29.3 Å². The van der Waals surface area contributed by atoms with Crippen LogP contribution in [-0.2, 0) is 38.2 Å². The fourth-order valence-corrected chi connectivity index (χ4v) is 0.634. The molecule has 0 heterocycles. The maximum absolute atomic E-state index is 10.4. The summed E-state index contributed by atoms with van der Waals surface area (Å²) in [5, 5.41) is 0. The minimum absolute atomic E-state index is 0.0579. The van der Waals surface area contributed by atoms with E-state index >= 15 is 0 Å². The number of methoxy groups -OCH3 is 2. The fourth-order valence-electron chi connectivity index (χ4n) is 0.634. The molecule has 0 aromatic rings. The number of carbonyl (C=O) groups excluding carboxylic acids is 5. The van der Waals surface area contributed by atoms with Crippen LogP contribution in [0, 0.1) is 5.92 Å². The zero-order valence-corrected chi connectivity index (χ0v) is 22.9. The van der Waals surface area contributed by atoms with Crippen molar-refractivity contribution in [1.29, 1.82) is 0 Å². The highest BCUT2D eigenvalue weighted by atomic mass is 16.5. The molecule has 32 heavy (non-hydrogen) atoms. The van der Waals surface area contributed by atoms with Crippen molar-refractivity contribution in [3.05, 3.63) is 0 Å². The van der Waals surface area contributed by atoms with Gasteiger partial charge in [0.25, 0.3) is 0 Å². The van der Waals surface area contributed by atoms with Crippen LogP contribution in [0.2, 0.25) is 0 Å². The van der Waals surface area contributed by atoms with Gasteiger partial charge in [-0.15, -0.1) is 0 Å². The Morgan fingerprint density at radius 3 is 1.00 bits per heavy atom. The van der Waals surface area contributed by atoms with E-state index in [0.717, 1.165) is 6.61 Å². The summed E-state index contributed by atoms with van der Waals surface area (Å²) in [6.07, 6.45) is 2.39. The monoisotopic (exact) mass is 466 g/mol. The van der Waals surface area contributed by atoms with Gasteiger partial charge in [-0.1, -0.05) is 34.1 Å². The van der Waals surface area contributed by atoms with Crippen molar-refractivity contribution in [2.75, 3.05) is 27.4 Å². The van der Waals surface area contributed by atoms with Crippen LogP contribution in [0.15, 0.2) is 0 Å². The maximum atomic E-state index is 10.4. The van der Waals surface area contributed by atoms with Gasteiger partial charge in [0.15, 0.2) is 0 Å². The number of ketones is 3. The topological polar surface area (TPSA) is 113 Å². The third kappa shape index (κ3) is 79.8. The Morgan fingerprint density at radius 2 is 1.00 bits per heavy atom. The van der Waals surface area contributed by atoms with E-state index in [1.165, 1.54) is 34.3 Å². The average molecular weight is 467 g/mol. The van der Waals surface area contributed by atoms with Crippen LogP contribution in [-0.4, -0.2) is 56.7 Å². The molecule has 0 aliphatic heterocycles. The fraction of sp³-hybridized carbons (Fsp3) is 0.792. The Morgan fingerprint density at radius 1 is 0.688 bits per heavy atom. The Bertz CT molecular complexity index is 423. The lowest BCUT2D eigenvalue weighted by Gasteiger charge is -1.97. The van der Waals surface area contributed by atoms with Gasteiger partial charge in [-0.05, 0) is 41.5 Å². The highest BCUT2D eigenvalue weighted by molar-refractivity contribution is 5.99. The molecule has 0 atom stereocenters. The van der Waals surface area contributed by atoms with Crippen LogP contribution in [0.5, 0.6) is 0 Å². The molecule has 0 aromatic heterocycles. The Labute approximate surface area is 196 Å². The lowest BCUT2D eigenvalue weighted by Crippen LogP contribution is -2.14. The first-order chi connectivity index (χ1) is 14.7. The van der Waals surface area contributed by atoms with Crippen molar-refractivity contribution in [2.24, 2.45) is 5.92 Å².